The lowest BCUT2D eigenvalue weighted by molar-refractivity contribution is 0.211. The average molecular weight is 326 g/mol. The number of hydrogen-bond donors (Lipinski definition) is 2. The first-order valence-electron chi connectivity index (χ1n) is 8.99. The molecule has 6 heteroatoms. The van der Waals surface area contributed by atoms with Crippen LogP contribution in [0.25, 0.3) is 11.0 Å². The van der Waals surface area contributed by atoms with Crippen molar-refractivity contribution in [3.63, 3.8) is 0 Å². The Labute approximate surface area is 142 Å². The van der Waals surface area contributed by atoms with Crippen molar-refractivity contribution < 1.29 is 0 Å². The minimum atomic E-state index is 0.420. The lowest BCUT2D eigenvalue weighted by atomic mass is 10.0. The number of likely N-dealkylation sites (tertiary alicyclic amines) is 1. The van der Waals surface area contributed by atoms with Crippen LogP contribution >= 0.6 is 0 Å². The Morgan fingerprint density at radius 3 is 2.58 bits per heavy atom. The smallest absolute Gasteiger partial charge is 0.226 e. The number of hydrogen-bond acceptors (Lipinski definition) is 6. The molecule has 0 bridgehead atoms. The second kappa shape index (κ2) is 6.16. The summed E-state index contributed by atoms with van der Waals surface area (Å²) in [5.74, 6) is 2.09. The normalized spacial score (nSPS) is 19.8. The van der Waals surface area contributed by atoms with Crippen molar-refractivity contribution in [2.75, 3.05) is 30.7 Å². The number of piperidine rings is 1. The number of fused-ring (bicyclic) bond motifs is 1. The first-order valence-corrected chi connectivity index (χ1v) is 8.99. The Morgan fingerprint density at radius 2 is 1.88 bits per heavy atom. The molecule has 0 spiro atoms. The van der Waals surface area contributed by atoms with Crippen LogP contribution in [0.4, 0.5) is 11.8 Å². The fraction of sp³-hybridized carbons (Fsp3) is 0.611. The van der Waals surface area contributed by atoms with E-state index in [2.05, 4.69) is 25.2 Å². The van der Waals surface area contributed by atoms with Crippen molar-refractivity contribution in [2.24, 2.45) is 5.92 Å². The van der Waals surface area contributed by atoms with Gasteiger partial charge in [-0.1, -0.05) is 0 Å². The highest BCUT2D eigenvalue weighted by molar-refractivity contribution is 5.89. The minimum absolute atomic E-state index is 0.420. The zero-order chi connectivity index (χ0) is 16.7. The molecule has 3 N–H and O–H groups in total. The highest BCUT2D eigenvalue weighted by atomic mass is 15.2. The molecule has 2 aromatic rings. The minimum Gasteiger partial charge on any atom is -0.383 e. The van der Waals surface area contributed by atoms with Gasteiger partial charge in [0.1, 0.15) is 5.82 Å². The molecular formula is C18H26N6. The summed E-state index contributed by atoms with van der Waals surface area (Å²) in [5.41, 5.74) is 8.88. The first-order chi connectivity index (χ1) is 11.6. The van der Waals surface area contributed by atoms with Gasteiger partial charge in [0, 0.05) is 31.4 Å². The summed E-state index contributed by atoms with van der Waals surface area (Å²) in [7, 11) is 0. The molecule has 24 heavy (non-hydrogen) atoms. The molecule has 1 aliphatic carbocycles. The summed E-state index contributed by atoms with van der Waals surface area (Å²) in [4.78, 5) is 16.2. The lowest BCUT2D eigenvalue weighted by Crippen LogP contribution is -2.40. The van der Waals surface area contributed by atoms with Gasteiger partial charge in [0.15, 0.2) is 5.65 Å². The molecule has 6 nitrogen and oxygen atoms in total. The lowest BCUT2D eigenvalue weighted by Gasteiger charge is -2.32. The number of anilines is 2. The van der Waals surface area contributed by atoms with Gasteiger partial charge < -0.3 is 16.0 Å². The molecular weight excluding hydrogens is 300 g/mol. The van der Waals surface area contributed by atoms with Crippen LogP contribution < -0.4 is 11.1 Å². The molecule has 2 aliphatic rings. The molecule has 0 aromatic carbocycles. The topological polar surface area (TPSA) is 80.0 Å². The zero-order valence-electron chi connectivity index (χ0n) is 14.5. The van der Waals surface area contributed by atoms with Gasteiger partial charge in [-0.05, 0) is 57.1 Å². The van der Waals surface area contributed by atoms with E-state index >= 15 is 0 Å². The second-order valence-corrected chi connectivity index (χ2v) is 7.37. The fourth-order valence-corrected chi connectivity index (χ4v) is 3.68. The summed E-state index contributed by atoms with van der Waals surface area (Å²) in [6.45, 7) is 7.61. The molecule has 128 valence electrons. The number of pyridine rings is 1. The quantitative estimate of drug-likeness (QED) is 0.898. The molecule has 1 saturated heterocycles. The van der Waals surface area contributed by atoms with Crippen molar-refractivity contribution in [3.8, 4) is 0 Å². The van der Waals surface area contributed by atoms with E-state index in [4.69, 9.17) is 5.73 Å². The largest absolute Gasteiger partial charge is 0.383 e. The highest BCUT2D eigenvalue weighted by Crippen LogP contribution is 2.31. The Kier molecular flexibility index (Phi) is 4.00. The maximum absolute atomic E-state index is 6.16. The van der Waals surface area contributed by atoms with Gasteiger partial charge in [-0.2, -0.15) is 9.97 Å². The summed E-state index contributed by atoms with van der Waals surface area (Å²) >= 11 is 0. The van der Waals surface area contributed by atoms with E-state index in [9.17, 15) is 0 Å². The molecule has 0 unspecified atom stereocenters. The molecule has 2 fully saturated rings. The molecule has 3 heterocycles. The van der Waals surface area contributed by atoms with Gasteiger partial charge in [0.05, 0.1) is 5.39 Å². The molecule has 0 amide bonds. The fourth-order valence-electron chi connectivity index (χ4n) is 3.68. The Bertz CT molecular complexity index is 747. The molecule has 1 saturated carbocycles. The van der Waals surface area contributed by atoms with Crippen molar-refractivity contribution >= 4 is 22.8 Å². The third-order valence-corrected chi connectivity index (χ3v) is 5.15. The maximum atomic E-state index is 6.16. The number of aromatic nitrogens is 3. The van der Waals surface area contributed by atoms with Gasteiger partial charge >= 0.3 is 0 Å². The van der Waals surface area contributed by atoms with Crippen LogP contribution in [0.2, 0.25) is 0 Å². The van der Waals surface area contributed by atoms with Crippen LogP contribution in [-0.2, 0) is 0 Å². The molecule has 1 aliphatic heterocycles. The SMILES string of the molecule is Cc1cc(C)c2c(N)nc(NC3CCN(CC4CC4)CC3)nc2n1. The van der Waals surface area contributed by atoms with Crippen LogP contribution in [0.1, 0.15) is 36.9 Å². The van der Waals surface area contributed by atoms with Crippen LogP contribution in [0.3, 0.4) is 0 Å². The Hall–Kier alpha value is -1.95. The van der Waals surface area contributed by atoms with Gasteiger partial charge in [-0.15, -0.1) is 0 Å². The third-order valence-electron chi connectivity index (χ3n) is 5.15. The van der Waals surface area contributed by atoms with Crippen LogP contribution in [0, 0.1) is 19.8 Å². The van der Waals surface area contributed by atoms with Crippen LogP contribution in [-0.4, -0.2) is 45.5 Å². The summed E-state index contributed by atoms with van der Waals surface area (Å²) in [5, 5.41) is 4.34. The van der Waals surface area contributed by atoms with E-state index in [0.717, 1.165) is 48.5 Å². The number of aryl methyl sites for hydroxylation is 2. The molecule has 0 atom stereocenters. The van der Waals surface area contributed by atoms with Gasteiger partial charge in [-0.3, -0.25) is 0 Å². The summed E-state index contributed by atoms with van der Waals surface area (Å²) in [6, 6.07) is 2.44. The van der Waals surface area contributed by atoms with E-state index in [1.54, 1.807) is 0 Å². The van der Waals surface area contributed by atoms with Crippen molar-refractivity contribution in [3.05, 3.63) is 17.3 Å². The van der Waals surface area contributed by atoms with Gasteiger partial charge in [0.25, 0.3) is 0 Å². The predicted molar refractivity (Wildman–Crippen MR) is 97.0 cm³/mol. The standard InChI is InChI=1S/C18H26N6/c1-11-9-12(2)20-17-15(11)16(19)22-18(23-17)21-14-5-7-24(8-6-14)10-13-3-4-13/h9,13-14H,3-8,10H2,1-2H3,(H3,19,20,21,22,23). The molecule has 0 radical (unpaired) electrons. The van der Waals surface area contributed by atoms with Crippen molar-refractivity contribution in [1.29, 1.82) is 0 Å². The molecule has 4 rings (SSSR count). The first kappa shape index (κ1) is 15.6. The number of nitrogen functional groups attached to an aromatic ring is 1. The van der Waals surface area contributed by atoms with Crippen molar-refractivity contribution in [1.82, 2.24) is 19.9 Å². The number of nitrogens with one attached hydrogen (secondary N) is 1. The monoisotopic (exact) mass is 326 g/mol. The van der Waals surface area contributed by atoms with E-state index in [-0.39, 0.29) is 0 Å². The second-order valence-electron chi connectivity index (χ2n) is 7.37. The van der Waals surface area contributed by atoms with Gasteiger partial charge in [0.2, 0.25) is 5.95 Å². The number of nitrogens with zero attached hydrogens (tertiary/aromatic N) is 4. The van der Waals surface area contributed by atoms with Gasteiger partial charge in [-0.25, -0.2) is 4.98 Å². The Balaban J connectivity index is 1.46. The number of nitrogens with two attached hydrogens (primary N) is 1. The maximum Gasteiger partial charge on any atom is 0.226 e. The predicted octanol–water partition coefficient (Wildman–Crippen LogP) is 2.51. The summed E-state index contributed by atoms with van der Waals surface area (Å²) in [6.07, 6.45) is 5.12. The highest BCUT2D eigenvalue weighted by Gasteiger charge is 2.27. The number of rotatable bonds is 4. The van der Waals surface area contributed by atoms with Crippen LogP contribution in [0.15, 0.2) is 6.07 Å². The van der Waals surface area contributed by atoms with E-state index in [1.807, 2.05) is 19.9 Å². The Morgan fingerprint density at radius 1 is 1.12 bits per heavy atom. The van der Waals surface area contributed by atoms with Crippen LogP contribution in [0.5, 0.6) is 0 Å². The van der Waals surface area contributed by atoms with E-state index in [0.29, 0.717) is 23.5 Å². The third kappa shape index (κ3) is 3.29. The van der Waals surface area contributed by atoms with E-state index in [1.165, 1.54) is 19.4 Å². The van der Waals surface area contributed by atoms with E-state index < -0.39 is 0 Å². The average Bonchev–Trinajstić information content (AvgIpc) is 3.32. The molecule has 2 aromatic heterocycles. The summed E-state index contributed by atoms with van der Waals surface area (Å²) < 4.78 is 0. The zero-order valence-corrected chi connectivity index (χ0v) is 14.5. The van der Waals surface area contributed by atoms with Crippen molar-refractivity contribution in [2.45, 2.75) is 45.6 Å².